The van der Waals surface area contributed by atoms with Gasteiger partial charge in [-0.3, -0.25) is 0 Å². The number of aryl methyl sites for hydroxylation is 1. The Morgan fingerprint density at radius 3 is 3.06 bits per heavy atom. The van der Waals surface area contributed by atoms with Crippen LogP contribution in [0.4, 0.5) is 0 Å². The van der Waals surface area contributed by atoms with Gasteiger partial charge in [-0.15, -0.1) is 0 Å². The average molecular weight is 249 g/mol. The number of rotatable bonds is 6. The van der Waals surface area contributed by atoms with Crippen LogP contribution < -0.4 is 4.74 Å². The molecule has 1 aliphatic rings. The molecule has 2 rings (SSSR count). The summed E-state index contributed by atoms with van der Waals surface area (Å²) in [5.74, 6) is 1.45. The van der Waals surface area contributed by atoms with Gasteiger partial charge in [-0.05, 0) is 49.9 Å². The third-order valence-corrected chi connectivity index (χ3v) is 3.51. The van der Waals surface area contributed by atoms with Gasteiger partial charge >= 0.3 is 0 Å². The summed E-state index contributed by atoms with van der Waals surface area (Å²) in [5, 5.41) is 9.08. The zero-order valence-electron chi connectivity index (χ0n) is 11.1. The lowest BCUT2D eigenvalue weighted by Gasteiger charge is -2.15. The summed E-state index contributed by atoms with van der Waals surface area (Å²) in [6, 6.07) is 8.17. The van der Waals surface area contributed by atoms with Gasteiger partial charge in [0.15, 0.2) is 0 Å². The maximum Gasteiger partial charge on any atom is 0.119 e. The number of benzene rings is 1. The minimum absolute atomic E-state index is 0.330. The standard InChI is InChI=1S/C15H23NO2/c1-13-4-2-5-15(10-13)18-9-3-7-16-8-6-14(11-16)12-17/h2,4-5,10,14,17H,3,6-9,11-12H2,1H3. The third kappa shape index (κ3) is 4.00. The van der Waals surface area contributed by atoms with E-state index in [1.165, 1.54) is 5.56 Å². The number of aliphatic hydroxyl groups excluding tert-OH is 1. The van der Waals surface area contributed by atoms with Gasteiger partial charge in [0.25, 0.3) is 0 Å². The van der Waals surface area contributed by atoms with Gasteiger partial charge in [-0.2, -0.15) is 0 Å². The van der Waals surface area contributed by atoms with Crippen LogP contribution in [0.2, 0.25) is 0 Å². The molecule has 1 atom stereocenters. The molecule has 100 valence electrons. The monoisotopic (exact) mass is 249 g/mol. The van der Waals surface area contributed by atoms with Crippen molar-refractivity contribution in [3.8, 4) is 5.75 Å². The van der Waals surface area contributed by atoms with Crippen molar-refractivity contribution in [2.24, 2.45) is 5.92 Å². The van der Waals surface area contributed by atoms with Crippen LogP contribution in [0.3, 0.4) is 0 Å². The summed E-state index contributed by atoms with van der Waals surface area (Å²) in [6.07, 6.45) is 2.18. The molecule has 0 saturated carbocycles. The maximum absolute atomic E-state index is 9.08. The maximum atomic E-state index is 9.08. The Bertz CT molecular complexity index is 367. The number of aliphatic hydroxyl groups is 1. The molecule has 0 aromatic heterocycles. The summed E-state index contributed by atoms with van der Waals surface area (Å²) in [4.78, 5) is 2.42. The van der Waals surface area contributed by atoms with Crippen LogP contribution in [0.1, 0.15) is 18.4 Å². The van der Waals surface area contributed by atoms with Crippen LogP contribution in [0.5, 0.6) is 5.75 Å². The molecule has 0 amide bonds. The molecule has 1 unspecified atom stereocenters. The quantitative estimate of drug-likeness (QED) is 0.784. The molecule has 3 heteroatoms. The highest BCUT2D eigenvalue weighted by molar-refractivity contribution is 5.27. The average Bonchev–Trinajstić information content (AvgIpc) is 2.83. The second-order valence-electron chi connectivity index (χ2n) is 5.16. The first-order valence-electron chi connectivity index (χ1n) is 6.80. The number of likely N-dealkylation sites (tertiary alicyclic amines) is 1. The molecule has 1 heterocycles. The largest absolute Gasteiger partial charge is 0.494 e. The van der Waals surface area contributed by atoms with Gasteiger partial charge in [0.1, 0.15) is 5.75 Å². The van der Waals surface area contributed by atoms with Crippen molar-refractivity contribution < 1.29 is 9.84 Å². The lowest BCUT2D eigenvalue weighted by molar-refractivity contribution is 0.215. The fraction of sp³-hybridized carbons (Fsp3) is 0.600. The van der Waals surface area contributed by atoms with E-state index in [9.17, 15) is 0 Å². The first kappa shape index (κ1) is 13.4. The van der Waals surface area contributed by atoms with Gasteiger partial charge < -0.3 is 14.7 Å². The Balaban J connectivity index is 1.62. The predicted octanol–water partition coefficient (Wildman–Crippen LogP) is 2.08. The van der Waals surface area contributed by atoms with E-state index in [1.807, 2.05) is 12.1 Å². The van der Waals surface area contributed by atoms with Crippen molar-refractivity contribution in [1.29, 1.82) is 0 Å². The molecule has 18 heavy (non-hydrogen) atoms. The van der Waals surface area contributed by atoms with Crippen LogP contribution in [0.25, 0.3) is 0 Å². The SMILES string of the molecule is Cc1cccc(OCCCN2CCC(CO)C2)c1. The van der Waals surface area contributed by atoms with E-state index >= 15 is 0 Å². The molecule has 0 radical (unpaired) electrons. The first-order valence-corrected chi connectivity index (χ1v) is 6.80. The molecule has 1 N–H and O–H groups in total. The summed E-state index contributed by atoms with van der Waals surface area (Å²) in [7, 11) is 0. The lowest BCUT2D eigenvalue weighted by Crippen LogP contribution is -2.24. The minimum atomic E-state index is 0.330. The topological polar surface area (TPSA) is 32.7 Å². The Labute approximate surface area is 109 Å². The molecular formula is C15H23NO2. The third-order valence-electron chi connectivity index (χ3n) is 3.51. The summed E-state index contributed by atoms with van der Waals surface area (Å²) in [6.45, 7) is 6.41. The van der Waals surface area contributed by atoms with E-state index in [0.717, 1.165) is 44.8 Å². The van der Waals surface area contributed by atoms with Crippen molar-refractivity contribution in [2.45, 2.75) is 19.8 Å². The molecule has 3 nitrogen and oxygen atoms in total. The van der Waals surface area contributed by atoms with E-state index in [0.29, 0.717) is 12.5 Å². The van der Waals surface area contributed by atoms with Crippen LogP contribution in [0, 0.1) is 12.8 Å². The molecule has 1 aliphatic heterocycles. The number of nitrogens with zero attached hydrogens (tertiary/aromatic N) is 1. The second-order valence-corrected chi connectivity index (χ2v) is 5.16. The highest BCUT2D eigenvalue weighted by atomic mass is 16.5. The Morgan fingerprint density at radius 1 is 1.44 bits per heavy atom. The van der Waals surface area contributed by atoms with E-state index in [2.05, 4.69) is 24.0 Å². The molecule has 0 bridgehead atoms. The molecule has 1 fully saturated rings. The van der Waals surface area contributed by atoms with Crippen LogP contribution >= 0.6 is 0 Å². The highest BCUT2D eigenvalue weighted by Gasteiger charge is 2.20. The highest BCUT2D eigenvalue weighted by Crippen LogP contribution is 2.16. The smallest absolute Gasteiger partial charge is 0.119 e. The van der Waals surface area contributed by atoms with Crippen LogP contribution in [0.15, 0.2) is 24.3 Å². The Morgan fingerprint density at radius 2 is 2.33 bits per heavy atom. The normalized spacial score (nSPS) is 20.2. The van der Waals surface area contributed by atoms with E-state index in [4.69, 9.17) is 9.84 Å². The lowest BCUT2D eigenvalue weighted by atomic mass is 10.1. The molecular weight excluding hydrogens is 226 g/mol. The Kier molecular flexibility index (Phi) is 5.02. The van der Waals surface area contributed by atoms with Gasteiger partial charge in [0.2, 0.25) is 0 Å². The summed E-state index contributed by atoms with van der Waals surface area (Å²) in [5.41, 5.74) is 1.23. The van der Waals surface area contributed by atoms with Crippen LogP contribution in [-0.2, 0) is 0 Å². The number of hydrogen-bond acceptors (Lipinski definition) is 3. The fourth-order valence-corrected chi connectivity index (χ4v) is 2.45. The van der Waals surface area contributed by atoms with Gasteiger partial charge in [0, 0.05) is 19.7 Å². The van der Waals surface area contributed by atoms with E-state index in [1.54, 1.807) is 0 Å². The molecule has 0 aliphatic carbocycles. The summed E-state index contributed by atoms with van der Waals surface area (Å²) >= 11 is 0. The van der Waals surface area contributed by atoms with E-state index < -0.39 is 0 Å². The van der Waals surface area contributed by atoms with E-state index in [-0.39, 0.29) is 0 Å². The summed E-state index contributed by atoms with van der Waals surface area (Å²) < 4.78 is 5.72. The molecule has 0 spiro atoms. The Hall–Kier alpha value is -1.06. The minimum Gasteiger partial charge on any atom is -0.494 e. The van der Waals surface area contributed by atoms with Crippen molar-refractivity contribution in [2.75, 3.05) is 32.8 Å². The molecule has 1 aromatic rings. The van der Waals surface area contributed by atoms with Crippen LogP contribution in [-0.4, -0.2) is 42.9 Å². The van der Waals surface area contributed by atoms with Crippen molar-refractivity contribution in [1.82, 2.24) is 4.90 Å². The van der Waals surface area contributed by atoms with Gasteiger partial charge in [0.05, 0.1) is 6.61 Å². The van der Waals surface area contributed by atoms with Crippen molar-refractivity contribution in [3.05, 3.63) is 29.8 Å². The van der Waals surface area contributed by atoms with Gasteiger partial charge in [-0.1, -0.05) is 12.1 Å². The van der Waals surface area contributed by atoms with Gasteiger partial charge in [-0.25, -0.2) is 0 Å². The fourth-order valence-electron chi connectivity index (χ4n) is 2.45. The van der Waals surface area contributed by atoms with Crippen molar-refractivity contribution in [3.63, 3.8) is 0 Å². The second kappa shape index (κ2) is 6.76. The van der Waals surface area contributed by atoms with Crippen molar-refractivity contribution >= 4 is 0 Å². The molecule has 1 aromatic carbocycles. The number of ether oxygens (including phenoxy) is 1. The molecule has 1 saturated heterocycles. The zero-order valence-corrected chi connectivity index (χ0v) is 11.1. The zero-order chi connectivity index (χ0) is 12.8. The number of hydrogen-bond donors (Lipinski definition) is 1. The first-order chi connectivity index (χ1) is 8.78. The predicted molar refractivity (Wildman–Crippen MR) is 72.9 cm³/mol.